The molecule has 1 N–H and O–H groups in total. The van der Waals surface area contributed by atoms with Gasteiger partial charge in [-0.25, -0.2) is 0 Å². The number of alkyl halides is 3. The Hall–Kier alpha value is -2.19. The minimum absolute atomic E-state index is 0.123. The molecule has 2 aromatic heterocycles. The molecule has 0 aliphatic carbocycles. The van der Waals surface area contributed by atoms with E-state index >= 15 is 0 Å². The van der Waals surface area contributed by atoms with Gasteiger partial charge >= 0.3 is 6.18 Å². The quantitative estimate of drug-likeness (QED) is 0.728. The number of benzene rings is 1. The molecule has 0 saturated carbocycles. The van der Waals surface area contributed by atoms with Crippen molar-refractivity contribution < 1.29 is 18.0 Å². The van der Waals surface area contributed by atoms with Gasteiger partial charge in [-0.15, -0.1) is 0 Å². The highest BCUT2D eigenvalue weighted by molar-refractivity contribution is 7.13. The van der Waals surface area contributed by atoms with E-state index in [9.17, 15) is 18.0 Å². The molecule has 1 aromatic carbocycles. The summed E-state index contributed by atoms with van der Waals surface area (Å²) in [6, 6.07) is 5.83. The van der Waals surface area contributed by atoms with Gasteiger partial charge < -0.3 is 5.32 Å². The average molecular weight is 358 g/mol. The fourth-order valence-electron chi connectivity index (χ4n) is 2.03. The number of hydrogen-bond acceptors (Lipinski definition) is 4. The lowest BCUT2D eigenvalue weighted by Crippen LogP contribution is -2.19. The highest BCUT2D eigenvalue weighted by Crippen LogP contribution is 2.34. The van der Waals surface area contributed by atoms with Crippen molar-refractivity contribution in [1.82, 2.24) is 9.36 Å². The van der Waals surface area contributed by atoms with Gasteiger partial charge in [0.05, 0.1) is 26.2 Å². The molecule has 0 radical (unpaired) electrons. The largest absolute Gasteiger partial charge is 0.417 e. The molecule has 0 atom stereocenters. The predicted octanol–water partition coefficient (Wildman–Crippen LogP) is 4.62. The van der Waals surface area contributed by atoms with Crippen molar-refractivity contribution in [3.63, 3.8) is 0 Å². The van der Waals surface area contributed by atoms with Gasteiger partial charge in [0.1, 0.15) is 0 Å². The van der Waals surface area contributed by atoms with Crippen molar-refractivity contribution in [3.05, 3.63) is 52.8 Å². The number of nitrogens with zero attached hydrogens (tertiary/aromatic N) is 2. The van der Waals surface area contributed by atoms with Gasteiger partial charge in [-0.3, -0.25) is 9.78 Å². The van der Waals surface area contributed by atoms with Gasteiger partial charge in [-0.05, 0) is 29.7 Å². The lowest BCUT2D eigenvalue weighted by atomic mass is 10.1. The summed E-state index contributed by atoms with van der Waals surface area (Å²) in [5, 5.41) is 3.22. The number of hydrogen-bond donors (Lipinski definition) is 1. The first-order valence-electron chi connectivity index (χ1n) is 6.24. The molecule has 0 aliphatic rings. The van der Waals surface area contributed by atoms with E-state index < -0.39 is 23.2 Å². The van der Waals surface area contributed by atoms with E-state index in [2.05, 4.69) is 14.7 Å². The Bertz CT molecular complexity index is 894. The van der Waals surface area contributed by atoms with Gasteiger partial charge in [0.25, 0.3) is 5.91 Å². The first-order chi connectivity index (χ1) is 10.9. The van der Waals surface area contributed by atoms with E-state index in [0.29, 0.717) is 10.4 Å². The minimum atomic E-state index is -4.66. The second kappa shape index (κ2) is 5.78. The molecule has 0 aliphatic heterocycles. The number of nitrogens with one attached hydrogen (secondary N) is 1. The second-order valence-corrected chi connectivity index (χ2v) is 5.73. The standard InChI is InChI=1S/C14H7ClF3N3OS/c15-9-2-1-3-10-11(9)12(21-23-10)20-13(22)7-6-19-5-4-8(7)14(16,17)18/h1-6H,(H,20,21,22). The molecule has 4 nitrogen and oxygen atoms in total. The van der Waals surface area contributed by atoms with Crippen molar-refractivity contribution in [2.24, 2.45) is 0 Å². The Morgan fingerprint density at radius 1 is 1.26 bits per heavy atom. The number of carbonyl (C=O) groups is 1. The van der Waals surface area contributed by atoms with Crippen molar-refractivity contribution in [2.45, 2.75) is 6.18 Å². The lowest BCUT2D eigenvalue weighted by Gasteiger charge is -2.11. The van der Waals surface area contributed by atoms with E-state index in [-0.39, 0.29) is 5.82 Å². The number of halogens is 4. The van der Waals surface area contributed by atoms with E-state index in [1.54, 1.807) is 18.2 Å². The molecule has 0 spiro atoms. The molecule has 0 unspecified atom stereocenters. The van der Waals surface area contributed by atoms with E-state index in [1.807, 2.05) is 0 Å². The van der Waals surface area contributed by atoms with Crippen LogP contribution in [-0.2, 0) is 6.18 Å². The zero-order valence-corrected chi connectivity index (χ0v) is 12.8. The number of carbonyl (C=O) groups excluding carboxylic acids is 1. The maximum absolute atomic E-state index is 13.0. The fourth-order valence-corrected chi connectivity index (χ4v) is 3.12. The van der Waals surface area contributed by atoms with Crippen LogP contribution in [0.1, 0.15) is 15.9 Å². The van der Waals surface area contributed by atoms with Crippen LogP contribution in [-0.4, -0.2) is 15.3 Å². The van der Waals surface area contributed by atoms with Crippen LogP contribution in [0.3, 0.4) is 0 Å². The van der Waals surface area contributed by atoms with Gasteiger partial charge in [-0.1, -0.05) is 17.7 Å². The zero-order valence-electron chi connectivity index (χ0n) is 11.2. The minimum Gasteiger partial charge on any atom is -0.305 e. The smallest absolute Gasteiger partial charge is 0.305 e. The molecular weight excluding hydrogens is 351 g/mol. The van der Waals surface area contributed by atoms with Gasteiger partial charge in [0.2, 0.25) is 0 Å². The van der Waals surface area contributed by atoms with E-state index in [1.165, 1.54) is 0 Å². The Morgan fingerprint density at radius 3 is 2.78 bits per heavy atom. The molecule has 3 aromatic rings. The monoisotopic (exact) mass is 357 g/mol. The van der Waals surface area contributed by atoms with E-state index in [4.69, 9.17) is 11.6 Å². The van der Waals surface area contributed by atoms with Crippen LogP contribution in [0.25, 0.3) is 10.1 Å². The Balaban J connectivity index is 2.00. The predicted molar refractivity (Wildman–Crippen MR) is 81.8 cm³/mol. The molecule has 118 valence electrons. The highest BCUT2D eigenvalue weighted by Gasteiger charge is 2.35. The van der Waals surface area contributed by atoms with Crippen LogP contribution in [0.5, 0.6) is 0 Å². The number of rotatable bonds is 2. The molecule has 9 heteroatoms. The highest BCUT2D eigenvalue weighted by atomic mass is 35.5. The molecule has 2 heterocycles. The number of amides is 1. The third-order valence-electron chi connectivity index (χ3n) is 3.05. The van der Waals surface area contributed by atoms with E-state index in [0.717, 1.165) is 34.7 Å². The summed E-state index contributed by atoms with van der Waals surface area (Å²) in [4.78, 5) is 15.8. The third-order valence-corrected chi connectivity index (χ3v) is 4.18. The maximum atomic E-state index is 13.0. The van der Waals surface area contributed by atoms with Crippen LogP contribution in [0.4, 0.5) is 19.0 Å². The number of pyridine rings is 1. The summed E-state index contributed by atoms with van der Waals surface area (Å²) < 4.78 is 43.6. The van der Waals surface area contributed by atoms with Crippen LogP contribution in [0, 0.1) is 0 Å². The number of fused-ring (bicyclic) bond motifs is 1. The summed E-state index contributed by atoms with van der Waals surface area (Å²) in [7, 11) is 0. The van der Waals surface area contributed by atoms with Crippen molar-refractivity contribution in [3.8, 4) is 0 Å². The Labute approximate surface area is 137 Å². The third kappa shape index (κ3) is 2.99. The maximum Gasteiger partial charge on any atom is 0.417 e. The van der Waals surface area contributed by atoms with Crippen molar-refractivity contribution >= 4 is 44.9 Å². The SMILES string of the molecule is O=C(Nc1nsc2cccc(Cl)c12)c1cnccc1C(F)(F)F. The van der Waals surface area contributed by atoms with Crippen molar-refractivity contribution in [2.75, 3.05) is 5.32 Å². The number of anilines is 1. The topological polar surface area (TPSA) is 54.9 Å². The normalized spacial score (nSPS) is 11.7. The zero-order chi connectivity index (χ0) is 16.6. The first-order valence-corrected chi connectivity index (χ1v) is 7.39. The van der Waals surface area contributed by atoms with Gasteiger partial charge in [-0.2, -0.15) is 17.5 Å². The Morgan fingerprint density at radius 2 is 2.04 bits per heavy atom. The summed E-state index contributed by atoms with van der Waals surface area (Å²) in [5.74, 6) is -0.824. The average Bonchev–Trinajstić information content (AvgIpc) is 2.91. The summed E-state index contributed by atoms with van der Waals surface area (Å²) >= 11 is 7.15. The molecular formula is C14H7ClF3N3OS. The first kappa shape index (κ1) is 15.7. The van der Waals surface area contributed by atoms with Gasteiger partial charge in [0, 0.05) is 12.4 Å². The molecule has 0 saturated heterocycles. The fraction of sp³-hybridized carbons (Fsp3) is 0.0714. The lowest BCUT2D eigenvalue weighted by molar-refractivity contribution is -0.137. The van der Waals surface area contributed by atoms with Crippen LogP contribution in [0.2, 0.25) is 5.02 Å². The molecule has 3 rings (SSSR count). The number of aromatic nitrogens is 2. The summed E-state index contributed by atoms with van der Waals surface area (Å²) in [6.07, 6.45) is -2.81. The summed E-state index contributed by atoms with van der Waals surface area (Å²) in [6.45, 7) is 0. The Kier molecular flexibility index (Phi) is 3.95. The van der Waals surface area contributed by atoms with Crippen LogP contribution >= 0.6 is 23.1 Å². The van der Waals surface area contributed by atoms with Crippen LogP contribution < -0.4 is 5.32 Å². The molecule has 0 fully saturated rings. The molecule has 23 heavy (non-hydrogen) atoms. The summed E-state index contributed by atoms with van der Waals surface area (Å²) in [5.41, 5.74) is -1.64. The molecule has 1 amide bonds. The van der Waals surface area contributed by atoms with Crippen molar-refractivity contribution in [1.29, 1.82) is 0 Å². The molecule has 0 bridgehead atoms. The van der Waals surface area contributed by atoms with Gasteiger partial charge in [0.15, 0.2) is 5.82 Å². The second-order valence-electron chi connectivity index (χ2n) is 4.52. The van der Waals surface area contributed by atoms with Crippen LogP contribution in [0.15, 0.2) is 36.7 Å².